The summed E-state index contributed by atoms with van der Waals surface area (Å²) in [5.74, 6) is 0.750. The molecule has 0 saturated heterocycles. The van der Waals surface area contributed by atoms with Gasteiger partial charge in [0.2, 0.25) is 0 Å². The lowest BCUT2D eigenvalue weighted by molar-refractivity contribution is 0.541. The highest BCUT2D eigenvalue weighted by Crippen LogP contribution is 1.86. The van der Waals surface area contributed by atoms with Gasteiger partial charge in [-0.3, -0.25) is 0 Å². The summed E-state index contributed by atoms with van der Waals surface area (Å²) in [4.78, 5) is 10.00. The Bertz CT molecular complexity index is 117. The van der Waals surface area contributed by atoms with Crippen LogP contribution in [0.25, 0.3) is 0 Å². The van der Waals surface area contributed by atoms with Crippen LogP contribution >= 0.6 is 0 Å². The number of hydrogen-bond acceptors (Lipinski definition) is 4. The molecule has 0 aliphatic carbocycles. The molecule has 0 aromatic rings. The zero-order valence-electron chi connectivity index (χ0n) is 9.98. The highest BCUT2D eigenvalue weighted by atomic mass is 28.3. The first-order valence-corrected chi connectivity index (χ1v) is 7.22. The summed E-state index contributed by atoms with van der Waals surface area (Å²) in [6.07, 6.45) is 1.19. The van der Waals surface area contributed by atoms with Gasteiger partial charge in [-0.15, -0.1) is 0 Å². The molecule has 0 fully saturated rings. The molecule has 86 valence electrons. The van der Waals surface area contributed by atoms with E-state index in [0.717, 1.165) is 25.6 Å². The van der Waals surface area contributed by atoms with E-state index in [1.165, 1.54) is 6.42 Å². The Morgan fingerprint density at radius 1 is 1.07 bits per heavy atom. The third-order valence-electron chi connectivity index (χ3n) is 2.01. The Labute approximate surface area is 90.1 Å². The molecular weight excluding hydrogens is 192 g/mol. The van der Waals surface area contributed by atoms with Crippen LogP contribution in [0.5, 0.6) is 0 Å². The minimum Gasteiger partial charge on any atom is -0.319 e. The van der Waals surface area contributed by atoms with E-state index in [4.69, 9.17) is 0 Å². The Morgan fingerprint density at radius 2 is 1.71 bits per heavy atom. The highest BCUT2D eigenvalue weighted by molar-refractivity contribution is 6.50. The Hall–Kier alpha value is 0.0569. The van der Waals surface area contributed by atoms with Crippen molar-refractivity contribution >= 4 is 9.28 Å². The van der Waals surface area contributed by atoms with Crippen LogP contribution in [0.4, 0.5) is 0 Å². The summed E-state index contributed by atoms with van der Waals surface area (Å²) >= 11 is 0. The van der Waals surface area contributed by atoms with E-state index in [2.05, 4.69) is 34.1 Å². The second-order valence-electron chi connectivity index (χ2n) is 3.92. The van der Waals surface area contributed by atoms with Crippen LogP contribution in [0.3, 0.4) is 0 Å². The van der Waals surface area contributed by atoms with Gasteiger partial charge >= 0.3 is 0 Å². The minimum absolute atomic E-state index is 0.750. The number of nitrogens with one attached hydrogen (secondary N) is 4. The Balaban J connectivity index is 3.12. The molecule has 0 unspecified atom stereocenters. The van der Waals surface area contributed by atoms with Crippen LogP contribution < -0.4 is 20.3 Å². The van der Waals surface area contributed by atoms with Crippen LogP contribution in [0.15, 0.2) is 0 Å². The lowest BCUT2D eigenvalue weighted by Crippen LogP contribution is -2.55. The van der Waals surface area contributed by atoms with E-state index in [-0.39, 0.29) is 0 Å². The predicted molar refractivity (Wildman–Crippen MR) is 65.6 cm³/mol. The molecule has 0 saturated carbocycles. The van der Waals surface area contributed by atoms with Crippen LogP contribution in [-0.2, 0) is 0 Å². The quantitative estimate of drug-likeness (QED) is 0.307. The number of rotatable bonds is 9. The summed E-state index contributed by atoms with van der Waals surface area (Å²) in [5.41, 5.74) is 0. The highest BCUT2D eigenvalue weighted by Gasteiger charge is 2.02. The van der Waals surface area contributed by atoms with Crippen molar-refractivity contribution < 1.29 is 0 Å². The van der Waals surface area contributed by atoms with Crippen LogP contribution in [0.2, 0.25) is 0 Å². The first kappa shape index (κ1) is 14.1. The topological polar surface area (TPSA) is 48.1 Å². The minimum atomic E-state index is -1.04. The summed E-state index contributed by atoms with van der Waals surface area (Å²) in [6.45, 7) is 7.79. The molecule has 0 spiro atoms. The summed E-state index contributed by atoms with van der Waals surface area (Å²) in [7, 11) is 2.95. The molecule has 0 heterocycles. The van der Waals surface area contributed by atoms with Crippen LogP contribution in [0.1, 0.15) is 20.3 Å². The van der Waals surface area contributed by atoms with E-state index < -0.39 is 9.28 Å². The van der Waals surface area contributed by atoms with Gasteiger partial charge in [0.05, 0.1) is 0 Å². The van der Waals surface area contributed by atoms with Crippen molar-refractivity contribution in [2.45, 2.75) is 20.3 Å². The fraction of sp³-hybridized carbons (Fsp3) is 1.00. The molecule has 0 amide bonds. The van der Waals surface area contributed by atoms with E-state index in [1.807, 2.05) is 14.1 Å². The normalized spacial score (nSPS) is 11.6. The van der Waals surface area contributed by atoms with Gasteiger partial charge in [0, 0.05) is 0 Å². The van der Waals surface area contributed by atoms with Gasteiger partial charge in [0.25, 0.3) is 9.28 Å². The molecule has 5 heteroatoms. The van der Waals surface area contributed by atoms with Crippen molar-refractivity contribution in [3.05, 3.63) is 0 Å². The fourth-order valence-electron chi connectivity index (χ4n) is 1.20. The van der Waals surface area contributed by atoms with E-state index in [1.54, 1.807) is 0 Å². The van der Waals surface area contributed by atoms with Crippen molar-refractivity contribution in [1.82, 2.24) is 20.3 Å². The molecule has 0 aliphatic rings. The molecule has 0 bridgehead atoms. The average molecular weight is 218 g/mol. The van der Waals surface area contributed by atoms with E-state index in [0.29, 0.717) is 0 Å². The maximum absolute atomic E-state index is 3.48. The third-order valence-corrected chi connectivity index (χ3v) is 3.86. The summed E-state index contributed by atoms with van der Waals surface area (Å²) in [5, 5.41) is 3.43. The molecule has 14 heavy (non-hydrogen) atoms. The Morgan fingerprint density at radius 3 is 2.21 bits per heavy atom. The fourth-order valence-corrected chi connectivity index (χ4v) is 2.39. The molecule has 0 radical (unpaired) electrons. The Kier molecular flexibility index (Phi) is 9.64. The molecule has 4 N–H and O–H groups in total. The molecule has 0 aliphatic heterocycles. The third kappa shape index (κ3) is 8.65. The van der Waals surface area contributed by atoms with Gasteiger partial charge in [0.1, 0.15) is 0 Å². The van der Waals surface area contributed by atoms with Gasteiger partial charge < -0.3 is 20.3 Å². The monoisotopic (exact) mass is 218 g/mol. The average Bonchev–Trinajstić information content (AvgIpc) is 2.16. The molecule has 0 aromatic carbocycles. The molecule has 0 aromatic heterocycles. The maximum atomic E-state index is 3.48. The van der Waals surface area contributed by atoms with Gasteiger partial charge in [0.15, 0.2) is 0 Å². The number of hydrogen-bond donors (Lipinski definition) is 4. The van der Waals surface area contributed by atoms with E-state index in [9.17, 15) is 0 Å². The van der Waals surface area contributed by atoms with Crippen LogP contribution in [0, 0.1) is 5.92 Å². The van der Waals surface area contributed by atoms with Crippen LogP contribution in [-0.4, -0.2) is 43.0 Å². The summed E-state index contributed by atoms with van der Waals surface area (Å²) in [6, 6.07) is 0. The van der Waals surface area contributed by atoms with Gasteiger partial charge in [-0.05, 0) is 46.1 Å². The lowest BCUT2D eigenvalue weighted by atomic mass is 10.2. The lowest BCUT2D eigenvalue weighted by Gasteiger charge is -2.14. The smallest absolute Gasteiger partial charge is 0.264 e. The molecule has 0 rings (SSSR count). The molecule has 0 atom stereocenters. The second-order valence-corrected chi connectivity index (χ2v) is 6.34. The van der Waals surface area contributed by atoms with Crippen molar-refractivity contribution in [3.63, 3.8) is 0 Å². The first-order valence-electron chi connectivity index (χ1n) is 5.49. The maximum Gasteiger partial charge on any atom is 0.264 e. The van der Waals surface area contributed by atoms with Crippen molar-refractivity contribution in [2.75, 3.05) is 33.7 Å². The second kappa shape index (κ2) is 9.61. The molecular formula is C9H26N4Si. The SMILES string of the molecule is CN[SiH](NC)NCCCNCC(C)C. The van der Waals surface area contributed by atoms with E-state index >= 15 is 0 Å². The standard InChI is InChI=1S/C9H26N4Si/c1-9(2)8-12-6-5-7-13-14(10-3)11-4/h9-14H,5-8H2,1-4H3. The van der Waals surface area contributed by atoms with Crippen molar-refractivity contribution in [1.29, 1.82) is 0 Å². The van der Waals surface area contributed by atoms with Gasteiger partial charge in [-0.25, -0.2) is 0 Å². The predicted octanol–water partition coefficient (Wildman–Crippen LogP) is -0.632. The summed E-state index contributed by atoms with van der Waals surface area (Å²) < 4.78 is 0. The first-order chi connectivity index (χ1) is 6.70. The van der Waals surface area contributed by atoms with Gasteiger partial charge in [-0.2, -0.15) is 0 Å². The zero-order chi connectivity index (χ0) is 10.8. The zero-order valence-corrected chi connectivity index (χ0v) is 11.1. The van der Waals surface area contributed by atoms with Gasteiger partial charge in [-0.1, -0.05) is 13.8 Å². The molecule has 4 nitrogen and oxygen atoms in total. The van der Waals surface area contributed by atoms with Crippen molar-refractivity contribution in [3.8, 4) is 0 Å². The van der Waals surface area contributed by atoms with Crippen molar-refractivity contribution in [2.24, 2.45) is 5.92 Å². The largest absolute Gasteiger partial charge is 0.319 e.